The molecule has 19 heavy (non-hydrogen) atoms. The van der Waals surface area contributed by atoms with Crippen LogP contribution in [0.25, 0.3) is 0 Å². The van der Waals surface area contributed by atoms with E-state index in [9.17, 15) is 9.59 Å². The molecular weight excluding hydrogens is 246 g/mol. The Morgan fingerprint density at radius 3 is 2.89 bits per heavy atom. The maximum absolute atomic E-state index is 12.0. The summed E-state index contributed by atoms with van der Waals surface area (Å²) in [6.07, 6.45) is 3.78. The third-order valence-corrected chi connectivity index (χ3v) is 3.30. The van der Waals surface area contributed by atoms with E-state index in [-0.39, 0.29) is 12.5 Å². The topological polar surface area (TPSA) is 81.7 Å². The monoisotopic (exact) mass is 269 g/mol. The standard InChI is InChI=1S/C13H23N3O3/c1-3-5-11(12(17)18)15-13(19)16-7-4-6-10(9-16)8-14-2/h3,10-11,14H,1,4-9H2,2H3,(H,15,19)(H,17,18). The Morgan fingerprint density at radius 1 is 1.58 bits per heavy atom. The molecule has 1 fully saturated rings. The van der Waals surface area contributed by atoms with Gasteiger partial charge in [-0.15, -0.1) is 6.58 Å². The number of rotatable bonds is 6. The van der Waals surface area contributed by atoms with Crippen molar-refractivity contribution in [3.63, 3.8) is 0 Å². The zero-order valence-corrected chi connectivity index (χ0v) is 11.4. The summed E-state index contributed by atoms with van der Waals surface area (Å²) in [6.45, 7) is 5.74. The van der Waals surface area contributed by atoms with Gasteiger partial charge in [-0.1, -0.05) is 6.08 Å². The Hall–Kier alpha value is -1.56. The first-order chi connectivity index (χ1) is 9.08. The van der Waals surface area contributed by atoms with Crippen molar-refractivity contribution in [2.24, 2.45) is 5.92 Å². The average molecular weight is 269 g/mol. The molecule has 2 unspecified atom stereocenters. The van der Waals surface area contributed by atoms with Crippen LogP contribution < -0.4 is 10.6 Å². The minimum absolute atomic E-state index is 0.231. The van der Waals surface area contributed by atoms with E-state index in [0.717, 1.165) is 19.4 Å². The Balaban J connectivity index is 2.51. The molecule has 108 valence electrons. The molecule has 0 aromatic carbocycles. The third-order valence-electron chi connectivity index (χ3n) is 3.30. The molecular formula is C13H23N3O3. The van der Waals surface area contributed by atoms with Gasteiger partial charge in [0.15, 0.2) is 0 Å². The van der Waals surface area contributed by atoms with Crippen molar-refractivity contribution in [1.82, 2.24) is 15.5 Å². The molecule has 1 aliphatic heterocycles. The molecule has 0 spiro atoms. The molecule has 1 aliphatic rings. The molecule has 0 aromatic heterocycles. The van der Waals surface area contributed by atoms with Crippen LogP contribution in [0.2, 0.25) is 0 Å². The lowest BCUT2D eigenvalue weighted by Gasteiger charge is -2.33. The van der Waals surface area contributed by atoms with E-state index in [1.165, 1.54) is 6.08 Å². The van der Waals surface area contributed by atoms with Crippen LogP contribution in [0.3, 0.4) is 0 Å². The second-order valence-electron chi connectivity index (χ2n) is 4.88. The molecule has 0 aromatic rings. The summed E-state index contributed by atoms with van der Waals surface area (Å²) >= 11 is 0. The van der Waals surface area contributed by atoms with Gasteiger partial charge in [-0.3, -0.25) is 0 Å². The summed E-state index contributed by atoms with van der Waals surface area (Å²) in [5.41, 5.74) is 0. The maximum atomic E-state index is 12.0. The van der Waals surface area contributed by atoms with Gasteiger partial charge >= 0.3 is 12.0 Å². The predicted molar refractivity (Wildman–Crippen MR) is 73.0 cm³/mol. The molecule has 1 saturated heterocycles. The number of nitrogens with zero attached hydrogens (tertiary/aromatic N) is 1. The summed E-state index contributed by atoms with van der Waals surface area (Å²) < 4.78 is 0. The van der Waals surface area contributed by atoms with Crippen LogP contribution in [0.15, 0.2) is 12.7 Å². The summed E-state index contributed by atoms with van der Waals surface area (Å²) in [4.78, 5) is 24.7. The fraction of sp³-hybridized carbons (Fsp3) is 0.692. The minimum Gasteiger partial charge on any atom is -0.480 e. The van der Waals surface area contributed by atoms with E-state index in [1.54, 1.807) is 4.90 Å². The van der Waals surface area contributed by atoms with Gasteiger partial charge in [0, 0.05) is 13.1 Å². The number of hydrogen-bond acceptors (Lipinski definition) is 3. The lowest BCUT2D eigenvalue weighted by molar-refractivity contribution is -0.139. The Kier molecular flexibility index (Phi) is 6.35. The molecule has 2 amide bonds. The van der Waals surface area contributed by atoms with E-state index >= 15 is 0 Å². The van der Waals surface area contributed by atoms with Crippen LogP contribution in [0.5, 0.6) is 0 Å². The molecule has 6 heteroatoms. The van der Waals surface area contributed by atoms with Crippen LogP contribution >= 0.6 is 0 Å². The van der Waals surface area contributed by atoms with Crippen molar-refractivity contribution in [1.29, 1.82) is 0 Å². The van der Waals surface area contributed by atoms with E-state index in [0.29, 0.717) is 19.0 Å². The summed E-state index contributed by atoms with van der Waals surface area (Å²) in [7, 11) is 1.89. The first-order valence-corrected chi connectivity index (χ1v) is 6.62. The first-order valence-electron chi connectivity index (χ1n) is 6.62. The molecule has 1 rings (SSSR count). The number of carboxylic acid groups (broad SMARTS) is 1. The van der Waals surface area contributed by atoms with Gasteiger partial charge in [0.1, 0.15) is 6.04 Å². The number of urea groups is 1. The lowest BCUT2D eigenvalue weighted by Crippen LogP contribution is -2.51. The van der Waals surface area contributed by atoms with Crippen LogP contribution in [-0.2, 0) is 4.79 Å². The maximum Gasteiger partial charge on any atom is 0.326 e. The first kappa shape index (κ1) is 15.5. The number of amides is 2. The van der Waals surface area contributed by atoms with Crippen molar-refractivity contribution in [3.8, 4) is 0 Å². The molecule has 0 bridgehead atoms. The smallest absolute Gasteiger partial charge is 0.326 e. The second-order valence-corrected chi connectivity index (χ2v) is 4.88. The number of hydrogen-bond donors (Lipinski definition) is 3. The van der Waals surface area contributed by atoms with Gasteiger partial charge in [-0.05, 0) is 38.8 Å². The van der Waals surface area contributed by atoms with Crippen LogP contribution in [0.1, 0.15) is 19.3 Å². The van der Waals surface area contributed by atoms with Gasteiger partial charge in [0.2, 0.25) is 0 Å². The Morgan fingerprint density at radius 2 is 2.32 bits per heavy atom. The molecule has 0 radical (unpaired) electrons. The summed E-state index contributed by atoms with van der Waals surface area (Å²) in [5, 5.41) is 14.7. The predicted octanol–water partition coefficient (Wildman–Crippen LogP) is 0.657. The van der Waals surface area contributed by atoms with E-state index in [4.69, 9.17) is 5.11 Å². The zero-order chi connectivity index (χ0) is 14.3. The number of piperidine rings is 1. The minimum atomic E-state index is -1.03. The fourth-order valence-corrected chi connectivity index (χ4v) is 2.33. The number of likely N-dealkylation sites (tertiary alicyclic amines) is 1. The molecule has 1 heterocycles. The highest BCUT2D eigenvalue weighted by molar-refractivity contribution is 5.82. The second kappa shape index (κ2) is 7.78. The van der Waals surface area contributed by atoms with Crippen molar-refractivity contribution in [2.75, 3.05) is 26.7 Å². The van der Waals surface area contributed by atoms with Gasteiger partial charge in [-0.25, -0.2) is 9.59 Å². The highest BCUT2D eigenvalue weighted by atomic mass is 16.4. The number of carboxylic acids is 1. The molecule has 0 aliphatic carbocycles. The number of aliphatic carboxylic acids is 1. The molecule has 3 N–H and O–H groups in total. The fourth-order valence-electron chi connectivity index (χ4n) is 2.33. The summed E-state index contributed by atoms with van der Waals surface area (Å²) in [6, 6.07) is -1.19. The van der Waals surface area contributed by atoms with Gasteiger partial charge < -0.3 is 20.6 Å². The SMILES string of the molecule is C=CCC(NC(=O)N1CCCC(CNC)C1)C(=O)O. The van der Waals surface area contributed by atoms with Crippen LogP contribution in [-0.4, -0.2) is 54.7 Å². The quantitative estimate of drug-likeness (QED) is 0.619. The zero-order valence-electron chi connectivity index (χ0n) is 11.4. The Bertz CT molecular complexity index is 331. The van der Waals surface area contributed by atoms with Gasteiger partial charge in [-0.2, -0.15) is 0 Å². The van der Waals surface area contributed by atoms with Crippen molar-refractivity contribution >= 4 is 12.0 Å². The average Bonchev–Trinajstić information content (AvgIpc) is 2.38. The van der Waals surface area contributed by atoms with Gasteiger partial charge in [0.05, 0.1) is 0 Å². The highest BCUT2D eigenvalue weighted by Crippen LogP contribution is 2.15. The largest absolute Gasteiger partial charge is 0.480 e. The van der Waals surface area contributed by atoms with Crippen molar-refractivity contribution < 1.29 is 14.7 Å². The highest BCUT2D eigenvalue weighted by Gasteiger charge is 2.26. The van der Waals surface area contributed by atoms with Crippen molar-refractivity contribution in [2.45, 2.75) is 25.3 Å². The summed E-state index contributed by atoms with van der Waals surface area (Å²) in [5.74, 6) is -0.593. The van der Waals surface area contributed by atoms with Crippen LogP contribution in [0.4, 0.5) is 4.79 Å². The van der Waals surface area contributed by atoms with E-state index in [2.05, 4.69) is 17.2 Å². The number of carbonyl (C=O) groups excluding carboxylic acids is 1. The molecule has 2 atom stereocenters. The number of carbonyl (C=O) groups is 2. The van der Waals surface area contributed by atoms with Crippen molar-refractivity contribution in [3.05, 3.63) is 12.7 Å². The van der Waals surface area contributed by atoms with Gasteiger partial charge in [0.25, 0.3) is 0 Å². The molecule has 6 nitrogen and oxygen atoms in total. The third kappa shape index (κ3) is 4.90. The van der Waals surface area contributed by atoms with Crippen LogP contribution in [0, 0.1) is 5.92 Å². The number of nitrogens with one attached hydrogen (secondary N) is 2. The van der Waals surface area contributed by atoms with E-state index < -0.39 is 12.0 Å². The normalized spacial score (nSPS) is 20.7. The van der Waals surface area contributed by atoms with E-state index in [1.807, 2.05) is 7.05 Å². The molecule has 0 saturated carbocycles. The Labute approximate surface area is 113 Å². The lowest BCUT2D eigenvalue weighted by atomic mass is 9.98.